The molecule has 2 N–H and O–H groups in total. The molecule has 0 radical (unpaired) electrons. The Morgan fingerprint density at radius 2 is 2.05 bits per heavy atom. The van der Waals surface area contributed by atoms with Crippen molar-refractivity contribution >= 4 is 17.7 Å². The Labute approximate surface area is 112 Å². The van der Waals surface area contributed by atoms with Gasteiger partial charge in [-0.3, -0.25) is 5.32 Å². The van der Waals surface area contributed by atoms with Gasteiger partial charge in [-0.15, -0.1) is 0 Å². The molecule has 108 valence electrons. The van der Waals surface area contributed by atoms with Crippen molar-refractivity contribution in [3.63, 3.8) is 0 Å². The zero-order valence-corrected chi connectivity index (χ0v) is 10.1. The molecule has 6 nitrogen and oxygen atoms in total. The second-order valence-corrected chi connectivity index (χ2v) is 4.07. The summed E-state index contributed by atoms with van der Waals surface area (Å²) in [6, 6.07) is 8.01. The van der Waals surface area contributed by atoms with E-state index in [4.69, 9.17) is 5.11 Å². The molecule has 1 aliphatic rings. The zero-order chi connectivity index (χ0) is 14.8. The van der Waals surface area contributed by atoms with Crippen LogP contribution in [0.5, 0.6) is 0 Å². The summed E-state index contributed by atoms with van der Waals surface area (Å²) in [6.07, 6.45) is -4.92. The van der Waals surface area contributed by atoms with Gasteiger partial charge in [-0.2, -0.15) is 8.78 Å². The van der Waals surface area contributed by atoms with Crippen LogP contribution in [0.4, 0.5) is 19.3 Å². The smallest absolute Gasteiger partial charge is 0.412 e. The number of carbonyl (C=O) groups excluding carboxylic acids is 2. The van der Waals surface area contributed by atoms with Crippen LogP contribution in [0, 0.1) is 0 Å². The number of halogens is 2. The maximum atomic E-state index is 13.4. The number of alkyl halides is 2. The van der Waals surface area contributed by atoms with E-state index in [-0.39, 0.29) is 0 Å². The third-order valence-corrected chi connectivity index (χ3v) is 2.66. The highest BCUT2D eigenvalue weighted by atomic mass is 19.3. The first kappa shape index (κ1) is 14.2. The Bertz CT molecular complexity index is 508. The molecule has 8 heteroatoms. The molecule has 2 atom stereocenters. The molecule has 1 aliphatic heterocycles. The van der Waals surface area contributed by atoms with Crippen LogP contribution in [0.1, 0.15) is 0 Å². The molecule has 20 heavy (non-hydrogen) atoms. The van der Waals surface area contributed by atoms with Crippen molar-refractivity contribution in [2.24, 2.45) is 0 Å². The Morgan fingerprint density at radius 1 is 1.40 bits per heavy atom. The number of hydrogen-bond donors (Lipinski definition) is 2. The first-order valence-corrected chi connectivity index (χ1v) is 5.67. The molecule has 1 amide bonds. The number of carbonyl (C=O) groups is 2. The van der Waals surface area contributed by atoms with Gasteiger partial charge in [0.1, 0.15) is 0 Å². The monoisotopic (exact) mass is 287 g/mol. The van der Waals surface area contributed by atoms with Crippen molar-refractivity contribution in [1.82, 2.24) is 0 Å². The lowest BCUT2D eigenvalue weighted by atomic mass is 10.1. The first-order valence-electron chi connectivity index (χ1n) is 5.67. The van der Waals surface area contributed by atoms with Crippen LogP contribution in [-0.2, 0) is 14.3 Å². The maximum absolute atomic E-state index is 13.4. The summed E-state index contributed by atoms with van der Waals surface area (Å²) in [5, 5.41) is 11.1. The van der Waals surface area contributed by atoms with E-state index in [1.165, 1.54) is 12.1 Å². The third kappa shape index (κ3) is 2.69. The van der Waals surface area contributed by atoms with Gasteiger partial charge >= 0.3 is 18.0 Å². The van der Waals surface area contributed by atoms with E-state index in [2.05, 4.69) is 14.8 Å². The van der Waals surface area contributed by atoms with E-state index in [9.17, 15) is 18.4 Å². The van der Waals surface area contributed by atoms with Gasteiger partial charge in [-0.05, 0) is 12.1 Å². The summed E-state index contributed by atoms with van der Waals surface area (Å²) in [6.45, 7) is -0.870. The SMILES string of the molecule is O=C(Nc1ccccc1)O[C@@H]1[C@@H](CO)OC(=O)C1(F)F. The fourth-order valence-corrected chi connectivity index (χ4v) is 1.69. The second-order valence-electron chi connectivity index (χ2n) is 4.07. The molecule has 1 aromatic carbocycles. The topological polar surface area (TPSA) is 84.9 Å². The largest absolute Gasteiger partial charge is 0.451 e. The van der Waals surface area contributed by atoms with Crippen molar-refractivity contribution in [3.05, 3.63) is 30.3 Å². The highest BCUT2D eigenvalue weighted by molar-refractivity contribution is 5.86. The number of cyclic esters (lactones) is 1. The molecule has 0 aliphatic carbocycles. The number of ether oxygens (including phenoxy) is 2. The molecule has 0 unspecified atom stereocenters. The molecule has 0 saturated carbocycles. The van der Waals surface area contributed by atoms with Gasteiger partial charge < -0.3 is 14.6 Å². The van der Waals surface area contributed by atoms with Crippen molar-refractivity contribution in [3.8, 4) is 0 Å². The summed E-state index contributed by atoms with van der Waals surface area (Å²) in [5.74, 6) is -5.81. The summed E-state index contributed by atoms with van der Waals surface area (Å²) in [5.41, 5.74) is 0.339. The van der Waals surface area contributed by atoms with Crippen LogP contribution in [0.3, 0.4) is 0 Å². The van der Waals surface area contributed by atoms with Gasteiger partial charge in [-0.1, -0.05) is 18.2 Å². The van der Waals surface area contributed by atoms with Gasteiger partial charge in [0.15, 0.2) is 6.10 Å². The molecule has 2 rings (SSSR count). The lowest BCUT2D eigenvalue weighted by Gasteiger charge is -2.19. The highest BCUT2D eigenvalue weighted by Crippen LogP contribution is 2.34. The van der Waals surface area contributed by atoms with Crippen molar-refractivity contribution in [1.29, 1.82) is 0 Å². The lowest BCUT2D eigenvalue weighted by molar-refractivity contribution is -0.162. The molecule has 1 aromatic rings. The Kier molecular flexibility index (Phi) is 3.84. The van der Waals surface area contributed by atoms with Crippen LogP contribution < -0.4 is 5.32 Å². The first-order chi connectivity index (χ1) is 9.45. The zero-order valence-electron chi connectivity index (χ0n) is 10.1. The molecule has 1 heterocycles. The normalized spacial score (nSPS) is 24.1. The van der Waals surface area contributed by atoms with E-state index in [1.807, 2.05) is 0 Å². The summed E-state index contributed by atoms with van der Waals surface area (Å²) in [7, 11) is 0. The Hall–Kier alpha value is -2.22. The number of amides is 1. The minimum Gasteiger partial charge on any atom is -0.451 e. The van der Waals surface area contributed by atoms with Crippen molar-refractivity contribution in [2.75, 3.05) is 11.9 Å². The van der Waals surface area contributed by atoms with Crippen LogP contribution in [0.25, 0.3) is 0 Å². The Morgan fingerprint density at radius 3 is 2.65 bits per heavy atom. The molecular formula is C12H11F2NO5. The van der Waals surface area contributed by atoms with Crippen LogP contribution >= 0.6 is 0 Å². The number of aliphatic hydroxyl groups is 1. The van der Waals surface area contributed by atoms with E-state index in [0.717, 1.165) is 0 Å². The molecule has 0 spiro atoms. The van der Waals surface area contributed by atoms with Gasteiger partial charge in [0.25, 0.3) is 0 Å². The quantitative estimate of drug-likeness (QED) is 0.815. The molecule has 0 aromatic heterocycles. The number of aliphatic hydroxyl groups excluding tert-OH is 1. The lowest BCUT2D eigenvalue weighted by Crippen LogP contribution is -2.43. The van der Waals surface area contributed by atoms with Gasteiger partial charge in [-0.25, -0.2) is 9.59 Å². The molecule has 0 bridgehead atoms. The van der Waals surface area contributed by atoms with Crippen molar-refractivity contribution < 1.29 is 33.0 Å². The number of benzene rings is 1. The number of esters is 1. The number of anilines is 1. The fourth-order valence-electron chi connectivity index (χ4n) is 1.69. The number of rotatable bonds is 3. The summed E-state index contributed by atoms with van der Waals surface area (Å²) < 4.78 is 35.6. The maximum Gasteiger partial charge on any atom is 0.412 e. The van der Waals surface area contributed by atoms with E-state index < -0.39 is 36.8 Å². The summed E-state index contributed by atoms with van der Waals surface area (Å²) in [4.78, 5) is 22.4. The number of hydrogen-bond acceptors (Lipinski definition) is 5. The van der Waals surface area contributed by atoms with Crippen LogP contribution in [0.2, 0.25) is 0 Å². The minimum atomic E-state index is -3.98. The van der Waals surface area contributed by atoms with Gasteiger partial charge in [0.05, 0.1) is 6.61 Å². The predicted molar refractivity (Wildman–Crippen MR) is 62.2 cm³/mol. The van der Waals surface area contributed by atoms with E-state index in [0.29, 0.717) is 5.69 Å². The van der Waals surface area contributed by atoms with Gasteiger partial charge in [0, 0.05) is 5.69 Å². The predicted octanol–water partition coefficient (Wildman–Crippen LogP) is 1.16. The summed E-state index contributed by atoms with van der Waals surface area (Å²) >= 11 is 0. The van der Waals surface area contributed by atoms with E-state index >= 15 is 0 Å². The molecule has 1 saturated heterocycles. The number of para-hydroxylation sites is 1. The average molecular weight is 287 g/mol. The Balaban J connectivity index is 2.04. The molecular weight excluding hydrogens is 276 g/mol. The average Bonchev–Trinajstić information content (AvgIpc) is 2.63. The standard InChI is InChI=1S/C12H11F2NO5/c13-12(14)9(8(6-16)19-10(12)17)20-11(18)15-7-4-2-1-3-5-7/h1-5,8-9,16H,6H2,(H,15,18)/t8-,9-/m1/s1. The second kappa shape index (κ2) is 5.41. The highest BCUT2D eigenvalue weighted by Gasteiger charge is 2.62. The van der Waals surface area contributed by atoms with Crippen LogP contribution in [0.15, 0.2) is 30.3 Å². The third-order valence-electron chi connectivity index (χ3n) is 2.66. The van der Waals surface area contributed by atoms with Crippen LogP contribution in [-0.4, -0.2) is 41.9 Å². The minimum absolute atomic E-state index is 0.339. The number of nitrogens with one attached hydrogen (secondary N) is 1. The van der Waals surface area contributed by atoms with Gasteiger partial charge in [0.2, 0.25) is 6.10 Å². The van der Waals surface area contributed by atoms with E-state index in [1.54, 1.807) is 18.2 Å². The van der Waals surface area contributed by atoms with Crippen molar-refractivity contribution in [2.45, 2.75) is 18.1 Å². The molecule has 1 fully saturated rings. The fraction of sp³-hybridized carbons (Fsp3) is 0.333.